The first-order valence-corrected chi connectivity index (χ1v) is 7.14. The van der Waals surface area contributed by atoms with Crippen molar-refractivity contribution in [2.45, 2.75) is 38.3 Å². The number of piperidine rings is 1. The van der Waals surface area contributed by atoms with Crippen LogP contribution in [0.4, 0.5) is 26.3 Å². The summed E-state index contributed by atoms with van der Waals surface area (Å²) >= 11 is 0. The molecule has 1 fully saturated rings. The summed E-state index contributed by atoms with van der Waals surface area (Å²) in [6.07, 6.45) is -9.57. The molecule has 0 aromatic heterocycles. The number of rotatable bonds is 2. The molecule has 130 valence electrons. The van der Waals surface area contributed by atoms with Crippen LogP contribution in [0.15, 0.2) is 18.2 Å². The van der Waals surface area contributed by atoms with Crippen LogP contribution in [0.2, 0.25) is 0 Å². The second kappa shape index (κ2) is 6.32. The maximum Gasteiger partial charge on any atom is 0.416 e. The maximum absolute atomic E-state index is 13.0. The quantitative estimate of drug-likeness (QED) is 0.824. The van der Waals surface area contributed by atoms with E-state index in [1.165, 1.54) is 0 Å². The van der Waals surface area contributed by atoms with E-state index >= 15 is 0 Å². The number of hydrogen-bond acceptors (Lipinski definition) is 2. The van der Waals surface area contributed by atoms with Gasteiger partial charge in [0.15, 0.2) is 0 Å². The lowest BCUT2D eigenvalue weighted by molar-refractivity contribution is -0.142. The smallest absolute Gasteiger partial charge is 0.392 e. The van der Waals surface area contributed by atoms with Crippen molar-refractivity contribution in [2.24, 2.45) is 5.92 Å². The zero-order valence-electron chi connectivity index (χ0n) is 12.4. The van der Waals surface area contributed by atoms with Crippen LogP contribution < -0.4 is 0 Å². The Labute approximate surface area is 129 Å². The molecule has 1 saturated heterocycles. The van der Waals surface area contributed by atoms with Gasteiger partial charge in [-0.2, -0.15) is 26.3 Å². The van der Waals surface area contributed by atoms with E-state index in [0.717, 1.165) is 0 Å². The van der Waals surface area contributed by atoms with Crippen LogP contribution in [0.1, 0.15) is 30.0 Å². The van der Waals surface area contributed by atoms with Crippen molar-refractivity contribution in [2.75, 3.05) is 13.1 Å². The Balaban J connectivity index is 2.34. The largest absolute Gasteiger partial charge is 0.416 e. The first-order valence-electron chi connectivity index (χ1n) is 7.14. The molecule has 0 aliphatic carbocycles. The molecular formula is C15H17F6NO. The van der Waals surface area contributed by atoms with Crippen LogP contribution in [0.25, 0.3) is 0 Å². The summed E-state index contributed by atoms with van der Waals surface area (Å²) in [7, 11) is 0. The Bertz CT molecular complexity index is 544. The zero-order chi connectivity index (χ0) is 17.4. The number of halogens is 6. The van der Waals surface area contributed by atoms with Crippen molar-refractivity contribution in [3.05, 3.63) is 34.9 Å². The van der Waals surface area contributed by atoms with E-state index < -0.39 is 35.1 Å². The summed E-state index contributed by atoms with van der Waals surface area (Å²) in [5.41, 5.74) is -2.60. The number of β-amino-alcohol motifs (C(OH)–C–C–N with tert-alkyl or cyclic N) is 1. The summed E-state index contributed by atoms with van der Waals surface area (Å²) in [5.74, 6) is 0.0684. The van der Waals surface area contributed by atoms with Gasteiger partial charge in [0.1, 0.15) is 0 Å². The van der Waals surface area contributed by atoms with E-state index in [0.29, 0.717) is 31.2 Å². The third-order valence-electron chi connectivity index (χ3n) is 3.85. The van der Waals surface area contributed by atoms with Gasteiger partial charge in [-0.15, -0.1) is 0 Å². The number of benzene rings is 1. The van der Waals surface area contributed by atoms with Crippen molar-refractivity contribution in [3.8, 4) is 0 Å². The lowest BCUT2D eigenvalue weighted by Crippen LogP contribution is -2.42. The summed E-state index contributed by atoms with van der Waals surface area (Å²) in [6, 6.07) is 1.47. The maximum atomic E-state index is 13.0. The summed E-state index contributed by atoms with van der Waals surface area (Å²) < 4.78 is 77.4. The molecule has 1 aromatic rings. The fourth-order valence-electron chi connectivity index (χ4n) is 2.97. The van der Waals surface area contributed by atoms with E-state index in [9.17, 15) is 31.4 Å². The Morgan fingerprint density at radius 2 is 1.74 bits per heavy atom. The van der Waals surface area contributed by atoms with Crippen LogP contribution >= 0.6 is 0 Å². The van der Waals surface area contributed by atoms with Crippen molar-refractivity contribution < 1.29 is 31.4 Å². The van der Waals surface area contributed by atoms with Gasteiger partial charge < -0.3 is 5.11 Å². The molecule has 0 saturated carbocycles. The van der Waals surface area contributed by atoms with E-state index in [1.54, 1.807) is 4.90 Å². The van der Waals surface area contributed by atoms with E-state index in [1.807, 2.05) is 6.92 Å². The molecule has 0 radical (unpaired) electrons. The van der Waals surface area contributed by atoms with Gasteiger partial charge in [-0.25, -0.2) is 0 Å². The average Bonchev–Trinajstić information content (AvgIpc) is 2.34. The fourth-order valence-corrected chi connectivity index (χ4v) is 2.97. The Morgan fingerprint density at radius 1 is 1.09 bits per heavy atom. The molecule has 1 heterocycles. The minimum absolute atomic E-state index is 0.0684. The molecule has 23 heavy (non-hydrogen) atoms. The summed E-state index contributed by atoms with van der Waals surface area (Å²) in [6.45, 7) is 2.15. The Hall–Kier alpha value is -1.28. The van der Waals surface area contributed by atoms with Crippen molar-refractivity contribution in [1.82, 2.24) is 4.90 Å². The van der Waals surface area contributed by atoms with Gasteiger partial charge in [0.05, 0.1) is 17.2 Å². The van der Waals surface area contributed by atoms with Crippen LogP contribution in [-0.4, -0.2) is 29.2 Å². The highest BCUT2D eigenvalue weighted by atomic mass is 19.4. The van der Waals surface area contributed by atoms with Crippen molar-refractivity contribution >= 4 is 0 Å². The third kappa shape index (κ3) is 4.60. The summed E-state index contributed by atoms with van der Waals surface area (Å²) in [4.78, 5) is 1.56. The molecule has 1 aromatic carbocycles. The molecular weight excluding hydrogens is 324 g/mol. The van der Waals surface area contributed by atoms with Gasteiger partial charge >= 0.3 is 12.4 Å². The minimum Gasteiger partial charge on any atom is -0.392 e. The highest BCUT2D eigenvalue weighted by Crippen LogP contribution is 2.37. The van der Waals surface area contributed by atoms with E-state index in [4.69, 9.17) is 0 Å². The van der Waals surface area contributed by atoms with Gasteiger partial charge in [-0.05, 0) is 36.1 Å². The Morgan fingerprint density at radius 3 is 2.26 bits per heavy atom. The second-order valence-electron chi connectivity index (χ2n) is 6.06. The van der Waals surface area contributed by atoms with Crippen molar-refractivity contribution in [1.29, 1.82) is 0 Å². The first-order chi connectivity index (χ1) is 10.5. The number of aliphatic hydroxyl groups excluding tert-OH is 1. The molecule has 1 unspecified atom stereocenters. The Kier molecular flexibility index (Phi) is 4.96. The molecule has 2 nitrogen and oxygen atoms in total. The van der Waals surface area contributed by atoms with Crippen LogP contribution in [0.5, 0.6) is 0 Å². The van der Waals surface area contributed by atoms with Gasteiger partial charge in [-0.1, -0.05) is 6.92 Å². The van der Waals surface area contributed by atoms with Crippen molar-refractivity contribution in [3.63, 3.8) is 0 Å². The molecule has 0 amide bonds. The van der Waals surface area contributed by atoms with Gasteiger partial charge in [-0.3, -0.25) is 4.90 Å². The normalized spacial score (nSPS) is 24.0. The van der Waals surface area contributed by atoms with Crippen LogP contribution in [-0.2, 0) is 18.9 Å². The molecule has 0 spiro atoms. The van der Waals surface area contributed by atoms with Crippen LogP contribution in [0, 0.1) is 5.92 Å². The highest BCUT2D eigenvalue weighted by Gasteiger charge is 2.37. The van der Waals surface area contributed by atoms with Gasteiger partial charge in [0.25, 0.3) is 0 Å². The lowest BCUT2D eigenvalue weighted by Gasteiger charge is -2.34. The predicted molar refractivity (Wildman–Crippen MR) is 71.5 cm³/mol. The molecule has 8 heteroatoms. The topological polar surface area (TPSA) is 23.5 Å². The molecule has 2 atom stereocenters. The molecule has 2 rings (SSSR count). The number of alkyl halides is 6. The summed E-state index contributed by atoms with van der Waals surface area (Å²) in [5, 5.41) is 9.70. The predicted octanol–water partition coefficient (Wildman–Crippen LogP) is 3.93. The number of nitrogens with zero attached hydrogens (tertiary/aromatic N) is 1. The van der Waals surface area contributed by atoms with E-state index in [2.05, 4.69) is 0 Å². The number of likely N-dealkylation sites (tertiary alicyclic amines) is 1. The van der Waals surface area contributed by atoms with Gasteiger partial charge in [0.2, 0.25) is 0 Å². The minimum atomic E-state index is -4.72. The SMILES string of the molecule is CC1C[C@H](O)CN(Cc2cc(C(F)(F)F)ccc2C(F)(F)F)C1. The molecule has 1 N–H and O–H groups in total. The lowest BCUT2D eigenvalue weighted by atomic mass is 9.96. The first kappa shape index (κ1) is 18.1. The third-order valence-corrected chi connectivity index (χ3v) is 3.85. The second-order valence-corrected chi connectivity index (χ2v) is 6.06. The standard InChI is InChI=1S/C15H17F6NO/c1-9-4-12(23)8-22(6-9)7-10-5-11(14(16,17)18)2-3-13(10)15(19,20)21/h2-3,5,9,12,23H,4,6-8H2,1H3/t9?,12-/m0/s1. The highest BCUT2D eigenvalue weighted by molar-refractivity contribution is 5.35. The molecule has 1 aliphatic heterocycles. The fraction of sp³-hybridized carbons (Fsp3) is 0.600. The monoisotopic (exact) mass is 341 g/mol. The van der Waals surface area contributed by atoms with E-state index in [-0.39, 0.29) is 19.0 Å². The zero-order valence-corrected chi connectivity index (χ0v) is 12.4. The molecule has 1 aliphatic rings. The average molecular weight is 341 g/mol. The van der Waals surface area contributed by atoms with Gasteiger partial charge in [0, 0.05) is 19.6 Å². The molecule has 0 bridgehead atoms. The van der Waals surface area contributed by atoms with Crippen LogP contribution in [0.3, 0.4) is 0 Å². The number of aliphatic hydroxyl groups is 1. The number of hydrogen-bond donors (Lipinski definition) is 1.